The van der Waals surface area contributed by atoms with E-state index in [0.29, 0.717) is 23.5 Å². The number of carbonyl (C=O) groups is 2. The van der Waals surface area contributed by atoms with Crippen LogP contribution in [0.2, 0.25) is 0 Å². The molecule has 0 saturated heterocycles. The number of aliphatic carboxylic acids is 1. The summed E-state index contributed by atoms with van der Waals surface area (Å²) in [4.78, 5) is 32.2. The molecule has 0 aliphatic rings. The van der Waals surface area contributed by atoms with Gasteiger partial charge in [0.1, 0.15) is 11.7 Å². The molecule has 3 aromatic rings. The number of benzene rings is 2. The van der Waals surface area contributed by atoms with E-state index in [1.54, 1.807) is 12.1 Å². The average Bonchev–Trinajstić information content (AvgIpc) is 3.09. The van der Waals surface area contributed by atoms with E-state index < -0.39 is 5.97 Å². The molecule has 31 heavy (non-hydrogen) atoms. The lowest BCUT2D eigenvalue weighted by molar-refractivity contribution is -0.136. The van der Waals surface area contributed by atoms with Crippen molar-refractivity contribution in [1.29, 1.82) is 0 Å². The second kappa shape index (κ2) is 9.88. The lowest BCUT2D eigenvalue weighted by Gasteiger charge is -2.09. The minimum atomic E-state index is -0.957. The summed E-state index contributed by atoms with van der Waals surface area (Å²) in [6.07, 6.45) is 1.90. The highest BCUT2D eigenvalue weighted by Crippen LogP contribution is 2.27. The van der Waals surface area contributed by atoms with Gasteiger partial charge in [-0.05, 0) is 24.6 Å². The number of aliphatic imine (C=N–C) groups is 1. The molecule has 0 unspecified atom stereocenters. The van der Waals surface area contributed by atoms with Crippen molar-refractivity contribution in [2.45, 2.75) is 26.2 Å². The lowest BCUT2D eigenvalue weighted by atomic mass is 10.1. The molecule has 8 nitrogen and oxygen atoms in total. The fraction of sp³-hybridized carbons (Fsp3) is 0.304. The molecule has 0 fully saturated rings. The maximum Gasteiger partial charge on any atom is 0.305 e. The first-order chi connectivity index (χ1) is 14.9. The third-order valence-corrected chi connectivity index (χ3v) is 5.01. The van der Waals surface area contributed by atoms with Crippen LogP contribution in [0.25, 0.3) is 22.4 Å². The number of hydrogen-bond donors (Lipinski definition) is 3. The molecular weight excluding hydrogens is 394 g/mol. The third kappa shape index (κ3) is 5.09. The normalized spacial score (nSPS) is 11.6. The number of hydrogen-bond acceptors (Lipinski definition) is 4. The van der Waals surface area contributed by atoms with Crippen LogP contribution >= 0.6 is 0 Å². The second-order valence-electron chi connectivity index (χ2n) is 7.26. The number of aromatic nitrogens is 2. The molecule has 1 amide bonds. The van der Waals surface area contributed by atoms with Gasteiger partial charge in [0.25, 0.3) is 5.91 Å². The zero-order valence-electron chi connectivity index (χ0n) is 17.8. The highest BCUT2D eigenvalue weighted by atomic mass is 16.4. The Morgan fingerprint density at radius 3 is 2.74 bits per heavy atom. The number of aryl methyl sites for hydroxylation is 1. The van der Waals surface area contributed by atoms with Crippen molar-refractivity contribution in [3.05, 3.63) is 53.6 Å². The highest BCUT2D eigenvalue weighted by Gasteiger charge is 2.16. The van der Waals surface area contributed by atoms with Crippen molar-refractivity contribution in [1.82, 2.24) is 14.9 Å². The van der Waals surface area contributed by atoms with E-state index in [1.807, 2.05) is 41.9 Å². The molecule has 162 valence electrons. The first kappa shape index (κ1) is 22.0. The standard InChI is InChI=1S/C23H27N5O3/c1-3-4-12-25-21(24)16-7-5-6-8-17(16)22-27-18-14-15(9-10-19(18)28(22)2)23(31)26-13-11-20(29)30/h5-10,14H,3-4,11-13H2,1-2H3,(H2,24,25)(H,26,31)(H,29,30). The van der Waals surface area contributed by atoms with Gasteiger partial charge >= 0.3 is 5.97 Å². The number of carbonyl (C=O) groups excluding carboxylic acids is 1. The van der Waals surface area contributed by atoms with E-state index in [4.69, 9.17) is 15.8 Å². The first-order valence-corrected chi connectivity index (χ1v) is 10.3. The van der Waals surface area contributed by atoms with E-state index in [-0.39, 0.29) is 18.9 Å². The predicted octanol–water partition coefficient (Wildman–Crippen LogP) is 2.95. The molecule has 4 N–H and O–H groups in total. The SMILES string of the molecule is CCCCN=C(N)c1ccccc1-c1nc2cc(C(=O)NCCC(=O)O)ccc2n1C. The number of unbranched alkanes of at least 4 members (excludes halogenated alkanes) is 1. The largest absolute Gasteiger partial charge is 0.481 e. The Bertz CT molecular complexity index is 1130. The molecule has 0 aliphatic carbocycles. The van der Waals surface area contributed by atoms with Crippen LogP contribution in [0.4, 0.5) is 0 Å². The minimum absolute atomic E-state index is 0.0731. The number of nitrogens with two attached hydrogens (primary N) is 1. The summed E-state index contributed by atoms with van der Waals surface area (Å²) >= 11 is 0. The van der Waals surface area contributed by atoms with Crippen LogP contribution < -0.4 is 11.1 Å². The van der Waals surface area contributed by atoms with Crippen molar-refractivity contribution in [2.75, 3.05) is 13.1 Å². The van der Waals surface area contributed by atoms with Crippen LogP contribution in [0.3, 0.4) is 0 Å². The van der Waals surface area contributed by atoms with Gasteiger partial charge in [-0.1, -0.05) is 37.6 Å². The number of rotatable bonds is 9. The van der Waals surface area contributed by atoms with Gasteiger partial charge in [-0.2, -0.15) is 0 Å². The summed E-state index contributed by atoms with van der Waals surface area (Å²) in [6, 6.07) is 13.0. The van der Waals surface area contributed by atoms with E-state index in [2.05, 4.69) is 17.2 Å². The molecule has 2 aromatic carbocycles. The summed E-state index contributed by atoms with van der Waals surface area (Å²) in [5.41, 5.74) is 9.92. The number of nitrogens with zero attached hydrogens (tertiary/aromatic N) is 3. The summed E-state index contributed by atoms with van der Waals surface area (Å²) < 4.78 is 1.96. The number of carboxylic acids is 1. The monoisotopic (exact) mass is 421 g/mol. The summed E-state index contributed by atoms with van der Waals surface area (Å²) in [6.45, 7) is 2.86. The molecule has 8 heteroatoms. The number of nitrogens with one attached hydrogen (secondary N) is 1. The summed E-state index contributed by atoms with van der Waals surface area (Å²) in [5, 5.41) is 11.3. The minimum Gasteiger partial charge on any atom is -0.481 e. The zero-order chi connectivity index (χ0) is 22.4. The number of amidine groups is 1. The molecule has 0 atom stereocenters. The Morgan fingerprint density at radius 2 is 2.00 bits per heavy atom. The van der Waals surface area contributed by atoms with Crippen LogP contribution in [0.1, 0.15) is 42.1 Å². The van der Waals surface area contributed by atoms with E-state index in [9.17, 15) is 9.59 Å². The van der Waals surface area contributed by atoms with Gasteiger partial charge in [-0.3, -0.25) is 14.6 Å². The third-order valence-electron chi connectivity index (χ3n) is 5.01. The maximum absolute atomic E-state index is 12.3. The molecule has 3 rings (SSSR count). The summed E-state index contributed by atoms with van der Waals surface area (Å²) in [7, 11) is 1.92. The smallest absolute Gasteiger partial charge is 0.305 e. The fourth-order valence-corrected chi connectivity index (χ4v) is 3.31. The molecule has 0 radical (unpaired) electrons. The topological polar surface area (TPSA) is 123 Å². The Labute approximate surface area is 180 Å². The Hall–Kier alpha value is -3.68. The van der Waals surface area contributed by atoms with Gasteiger partial charge in [0, 0.05) is 36.8 Å². The predicted molar refractivity (Wildman–Crippen MR) is 121 cm³/mol. The van der Waals surface area contributed by atoms with Crippen LogP contribution in [0.15, 0.2) is 47.5 Å². The number of carboxylic acid groups (broad SMARTS) is 1. The van der Waals surface area contributed by atoms with Crippen molar-refractivity contribution >= 4 is 28.7 Å². The van der Waals surface area contributed by atoms with E-state index in [0.717, 1.165) is 35.3 Å². The van der Waals surface area contributed by atoms with Crippen LogP contribution in [0, 0.1) is 0 Å². The van der Waals surface area contributed by atoms with Crippen molar-refractivity contribution in [2.24, 2.45) is 17.8 Å². The second-order valence-corrected chi connectivity index (χ2v) is 7.26. The van der Waals surface area contributed by atoms with Gasteiger partial charge < -0.3 is 20.7 Å². The van der Waals surface area contributed by atoms with Gasteiger partial charge in [0.05, 0.1) is 17.5 Å². The average molecular weight is 422 g/mol. The van der Waals surface area contributed by atoms with Crippen LogP contribution in [-0.2, 0) is 11.8 Å². The number of fused-ring (bicyclic) bond motifs is 1. The lowest BCUT2D eigenvalue weighted by Crippen LogP contribution is -2.25. The molecule has 0 saturated carbocycles. The first-order valence-electron chi connectivity index (χ1n) is 10.3. The van der Waals surface area contributed by atoms with Gasteiger partial charge in [-0.15, -0.1) is 0 Å². The fourth-order valence-electron chi connectivity index (χ4n) is 3.31. The number of imidazole rings is 1. The quantitative estimate of drug-likeness (QED) is 0.278. The van der Waals surface area contributed by atoms with Gasteiger partial charge in [0.2, 0.25) is 0 Å². The van der Waals surface area contributed by atoms with Crippen molar-refractivity contribution < 1.29 is 14.7 Å². The zero-order valence-corrected chi connectivity index (χ0v) is 17.8. The van der Waals surface area contributed by atoms with Crippen molar-refractivity contribution in [3.63, 3.8) is 0 Å². The molecule has 1 heterocycles. The van der Waals surface area contributed by atoms with E-state index in [1.165, 1.54) is 0 Å². The van der Waals surface area contributed by atoms with Crippen LogP contribution in [-0.4, -0.2) is 45.5 Å². The number of amides is 1. The Kier molecular flexibility index (Phi) is 7.02. The maximum atomic E-state index is 12.3. The molecule has 0 aliphatic heterocycles. The molecule has 0 spiro atoms. The van der Waals surface area contributed by atoms with Crippen LogP contribution in [0.5, 0.6) is 0 Å². The Morgan fingerprint density at radius 1 is 1.23 bits per heavy atom. The highest BCUT2D eigenvalue weighted by molar-refractivity contribution is 6.03. The molecule has 1 aromatic heterocycles. The van der Waals surface area contributed by atoms with Gasteiger partial charge in [-0.25, -0.2) is 4.98 Å². The van der Waals surface area contributed by atoms with Gasteiger partial charge in [0.15, 0.2) is 0 Å². The van der Waals surface area contributed by atoms with Crippen molar-refractivity contribution in [3.8, 4) is 11.4 Å². The van der Waals surface area contributed by atoms with E-state index >= 15 is 0 Å². The summed E-state index contributed by atoms with van der Waals surface area (Å²) in [5.74, 6) is -0.0818. The molecular formula is C23H27N5O3. The Balaban J connectivity index is 1.94. The molecule has 0 bridgehead atoms.